The molecule has 1 unspecified atom stereocenters. The van der Waals surface area contributed by atoms with Crippen LogP contribution in [-0.2, 0) is 4.79 Å². The molecule has 130 valence electrons. The number of rotatable bonds is 5. The van der Waals surface area contributed by atoms with Gasteiger partial charge in [0.2, 0.25) is 5.91 Å². The Bertz CT molecular complexity index is 736. The van der Waals surface area contributed by atoms with Crippen molar-refractivity contribution in [2.75, 3.05) is 11.9 Å². The van der Waals surface area contributed by atoms with Gasteiger partial charge in [0.1, 0.15) is 5.69 Å². The van der Waals surface area contributed by atoms with E-state index in [0.717, 1.165) is 31.4 Å². The Labute approximate surface area is 149 Å². The largest absolute Gasteiger partial charge is 0.364 e. The van der Waals surface area contributed by atoms with Gasteiger partial charge < -0.3 is 21.4 Å². The molecule has 5 N–H and O–H groups in total. The summed E-state index contributed by atoms with van der Waals surface area (Å²) < 4.78 is 0. The number of nitrogens with one attached hydrogen (secondary N) is 3. The number of amides is 2. The molecule has 1 aliphatic heterocycles. The number of carbonyl (C=O) groups is 2. The van der Waals surface area contributed by atoms with Gasteiger partial charge in [-0.1, -0.05) is 6.92 Å². The van der Waals surface area contributed by atoms with Gasteiger partial charge in [-0.25, -0.2) is 4.98 Å². The molecule has 0 saturated carbocycles. The van der Waals surface area contributed by atoms with E-state index in [9.17, 15) is 9.59 Å². The number of hydrogen-bond acceptors (Lipinski definition) is 5. The molecule has 3 rings (SSSR count). The summed E-state index contributed by atoms with van der Waals surface area (Å²) in [5.74, 6) is -0.553. The topological polar surface area (TPSA) is 113 Å². The molecule has 9 heteroatoms. The van der Waals surface area contributed by atoms with Gasteiger partial charge in [-0.2, -0.15) is 0 Å². The fraction of sp³-hybridized carbons (Fsp3) is 0.400. The van der Waals surface area contributed by atoms with Crippen LogP contribution in [0, 0.1) is 0 Å². The highest BCUT2D eigenvalue weighted by Gasteiger charge is 2.39. The Morgan fingerprint density at radius 3 is 2.88 bits per heavy atom. The minimum absolute atomic E-state index is 0. The van der Waals surface area contributed by atoms with Crippen LogP contribution in [0.3, 0.4) is 0 Å². The molecule has 7 nitrogen and oxygen atoms in total. The van der Waals surface area contributed by atoms with E-state index in [0.29, 0.717) is 16.5 Å². The third kappa shape index (κ3) is 3.45. The minimum Gasteiger partial charge on any atom is -0.364 e. The van der Waals surface area contributed by atoms with Gasteiger partial charge in [-0.05, 0) is 31.9 Å². The Morgan fingerprint density at radius 2 is 2.29 bits per heavy atom. The predicted octanol–water partition coefficient (Wildman–Crippen LogP) is 2.13. The van der Waals surface area contributed by atoms with Crippen LogP contribution in [0.1, 0.15) is 36.7 Å². The van der Waals surface area contributed by atoms with Crippen molar-refractivity contribution in [3.8, 4) is 11.3 Å². The van der Waals surface area contributed by atoms with Crippen molar-refractivity contribution in [1.82, 2.24) is 15.3 Å². The van der Waals surface area contributed by atoms with E-state index in [2.05, 4.69) is 20.6 Å². The lowest BCUT2D eigenvalue weighted by Crippen LogP contribution is -2.50. The third-order valence-corrected chi connectivity index (χ3v) is 5.01. The second-order valence-electron chi connectivity index (χ2n) is 5.62. The van der Waals surface area contributed by atoms with Crippen LogP contribution in [0.25, 0.3) is 11.3 Å². The molecule has 1 saturated heterocycles. The summed E-state index contributed by atoms with van der Waals surface area (Å²) in [6, 6.07) is 1.65. The molecule has 1 atom stereocenters. The van der Waals surface area contributed by atoms with Crippen LogP contribution in [0.2, 0.25) is 0 Å². The molecule has 3 heterocycles. The maximum absolute atomic E-state index is 12.5. The van der Waals surface area contributed by atoms with Crippen molar-refractivity contribution >= 4 is 40.7 Å². The summed E-state index contributed by atoms with van der Waals surface area (Å²) in [7, 11) is 0. The van der Waals surface area contributed by atoms with E-state index in [-0.39, 0.29) is 18.3 Å². The first-order chi connectivity index (χ1) is 11.0. The standard InChI is InChI=1S/C15H19N5O2S.ClH/c1-2-15(4-3-5-18-15)13(22)20-14-19-11(8-23-14)9-6-10(12(16)21)17-7-9;/h6-8,17-18H,2-5H2,1H3,(H2,16,21)(H,19,20,22);1H. The number of hydrogen-bond donors (Lipinski definition) is 4. The van der Waals surface area contributed by atoms with E-state index in [1.54, 1.807) is 12.3 Å². The monoisotopic (exact) mass is 369 g/mol. The predicted molar refractivity (Wildman–Crippen MR) is 96.6 cm³/mol. The average Bonchev–Trinajstić information content (AvgIpc) is 3.27. The maximum Gasteiger partial charge on any atom is 0.265 e. The molecule has 0 spiro atoms. The molecule has 24 heavy (non-hydrogen) atoms. The molecule has 0 aliphatic carbocycles. The Hall–Kier alpha value is -1.90. The minimum atomic E-state index is -0.516. The number of H-pyrrole nitrogens is 1. The maximum atomic E-state index is 12.5. The van der Waals surface area contributed by atoms with Gasteiger partial charge in [-0.15, -0.1) is 23.7 Å². The lowest BCUT2D eigenvalue weighted by atomic mass is 9.93. The van der Waals surface area contributed by atoms with Gasteiger partial charge >= 0.3 is 0 Å². The van der Waals surface area contributed by atoms with Crippen LogP contribution < -0.4 is 16.4 Å². The summed E-state index contributed by atoms with van der Waals surface area (Å²) in [4.78, 5) is 30.9. The van der Waals surface area contributed by atoms with Crippen molar-refractivity contribution in [2.45, 2.75) is 31.7 Å². The molecule has 2 aromatic rings. The first-order valence-corrected chi connectivity index (χ1v) is 8.42. The van der Waals surface area contributed by atoms with Crippen molar-refractivity contribution in [3.05, 3.63) is 23.3 Å². The molecule has 1 fully saturated rings. The molecular formula is C15H20ClN5O2S. The second-order valence-corrected chi connectivity index (χ2v) is 6.48. The molecule has 0 bridgehead atoms. The van der Waals surface area contributed by atoms with Crippen molar-refractivity contribution < 1.29 is 9.59 Å². The number of nitrogens with two attached hydrogens (primary N) is 1. The van der Waals surface area contributed by atoms with E-state index in [1.165, 1.54) is 11.3 Å². The Balaban J connectivity index is 0.00000208. The molecule has 2 aromatic heterocycles. The number of halogens is 1. The van der Waals surface area contributed by atoms with Crippen molar-refractivity contribution in [2.24, 2.45) is 5.73 Å². The number of carbonyl (C=O) groups excluding carboxylic acids is 2. The fourth-order valence-corrected chi connectivity index (χ4v) is 3.54. The highest BCUT2D eigenvalue weighted by atomic mass is 35.5. The van der Waals surface area contributed by atoms with Crippen molar-refractivity contribution in [1.29, 1.82) is 0 Å². The molecule has 0 radical (unpaired) electrons. The fourth-order valence-electron chi connectivity index (χ4n) is 2.83. The van der Waals surface area contributed by atoms with Crippen LogP contribution in [0.15, 0.2) is 17.6 Å². The van der Waals surface area contributed by atoms with Crippen molar-refractivity contribution in [3.63, 3.8) is 0 Å². The SMILES string of the molecule is CCC1(C(=O)Nc2nc(-c3c[nH]c(C(N)=O)c3)cs2)CCCN1.Cl. The Kier molecular flexibility index (Phi) is 5.63. The number of aromatic amines is 1. The summed E-state index contributed by atoms with van der Waals surface area (Å²) in [5.41, 5.74) is 6.53. The molecule has 2 amide bonds. The van der Waals surface area contributed by atoms with E-state index in [4.69, 9.17) is 5.73 Å². The van der Waals surface area contributed by atoms with Crippen LogP contribution in [0.5, 0.6) is 0 Å². The van der Waals surface area contributed by atoms with Gasteiger partial charge in [0.25, 0.3) is 5.91 Å². The first-order valence-electron chi connectivity index (χ1n) is 7.55. The van der Waals surface area contributed by atoms with Gasteiger partial charge in [0.05, 0.1) is 11.2 Å². The second kappa shape index (κ2) is 7.33. The van der Waals surface area contributed by atoms with E-state index >= 15 is 0 Å². The number of nitrogens with zero attached hydrogens (tertiary/aromatic N) is 1. The van der Waals surface area contributed by atoms with E-state index in [1.807, 2.05) is 12.3 Å². The quantitative estimate of drug-likeness (QED) is 0.646. The zero-order valence-electron chi connectivity index (χ0n) is 13.2. The summed E-state index contributed by atoms with van der Waals surface area (Å²) in [5, 5.41) is 8.59. The highest BCUT2D eigenvalue weighted by molar-refractivity contribution is 7.14. The average molecular weight is 370 g/mol. The summed E-state index contributed by atoms with van der Waals surface area (Å²) >= 11 is 1.36. The Morgan fingerprint density at radius 1 is 1.50 bits per heavy atom. The smallest absolute Gasteiger partial charge is 0.265 e. The first kappa shape index (κ1) is 18.4. The molecule has 1 aliphatic rings. The number of thiazole rings is 1. The van der Waals surface area contributed by atoms with Gasteiger partial charge in [0.15, 0.2) is 5.13 Å². The van der Waals surface area contributed by atoms with Gasteiger partial charge in [0, 0.05) is 17.1 Å². The zero-order chi connectivity index (χ0) is 16.4. The number of primary amides is 1. The van der Waals surface area contributed by atoms with Crippen LogP contribution >= 0.6 is 23.7 Å². The molecule has 0 aromatic carbocycles. The summed E-state index contributed by atoms with van der Waals surface area (Å²) in [6.45, 7) is 2.87. The zero-order valence-corrected chi connectivity index (χ0v) is 14.9. The molecular weight excluding hydrogens is 350 g/mol. The lowest BCUT2D eigenvalue weighted by Gasteiger charge is -2.25. The van der Waals surface area contributed by atoms with E-state index < -0.39 is 11.4 Å². The number of anilines is 1. The van der Waals surface area contributed by atoms with Crippen LogP contribution in [-0.4, -0.2) is 33.9 Å². The third-order valence-electron chi connectivity index (χ3n) is 4.25. The summed E-state index contributed by atoms with van der Waals surface area (Å²) in [6.07, 6.45) is 4.26. The van der Waals surface area contributed by atoms with Crippen LogP contribution in [0.4, 0.5) is 5.13 Å². The number of aromatic nitrogens is 2. The highest BCUT2D eigenvalue weighted by Crippen LogP contribution is 2.28. The van der Waals surface area contributed by atoms with Gasteiger partial charge in [-0.3, -0.25) is 9.59 Å². The normalized spacial score (nSPS) is 19.7. The lowest BCUT2D eigenvalue weighted by molar-refractivity contribution is -0.122.